The summed E-state index contributed by atoms with van der Waals surface area (Å²) in [5.41, 5.74) is 1.28. The van der Waals surface area contributed by atoms with Gasteiger partial charge in [-0.25, -0.2) is 0 Å². The van der Waals surface area contributed by atoms with Crippen LogP contribution < -0.4 is 5.32 Å². The maximum Gasteiger partial charge on any atom is 0.272 e. The summed E-state index contributed by atoms with van der Waals surface area (Å²) in [7, 11) is 0. The molecule has 0 saturated carbocycles. The van der Waals surface area contributed by atoms with Crippen molar-refractivity contribution < 1.29 is 9.53 Å². The largest absolute Gasteiger partial charge is 0.376 e. The first-order valence-corrected chi connectivity index (χ1v) is 7.07. The molecule has 1 atom stereocenters. The number of aromatic amines is 1. The van der Waals surface area contributed by atoms with Crippen molar-refractivity contribution in [3.63, 3.8) is 0 Å². The van der Waals surface area contributed by atoms with E-state index in [0.717, 1.165) is 34.8 Å². The first-order chi connectivity index (χ1) is 9.24. The molecule has 1 saturated heterocycles. The lowest BCUT2D eigenvalue weighted by Crippen LogP contribution is -2.32. The lowest BCUT2D eigenvalue weighted by Gasteiger charge is -2.09. The van der Waals surface area contributed by atoms with Gasteiger partial charge in [-0.1, -0.05) is 15.9 Å². The van der Waals surface area contributed by atoms with Crippen LogP contribution in [0.4, 0.5) is 0 Å². The molecule has 1 aromatic heterocycles. The van der Waals surface area contributed by atoms with E-state index in [1.807, 2.05) is 18.2 Å². The topological polar surface area (TPSA) is 67.0 Å². The first kappa shape index (κ1) is 12.6. The summed E-state index contributed by atoms with van der Waals surface area (Å²) >= 11 is 3.40. The fourth-order valence-corrected chi connectivity index (χ4v) is 2.62. The van der Waals surface area contributed by atoms with Crippen molar-refractivity contribution in [1.29, 1.82) is 0 Å². The third kappa shape index (κ3) is 2.64. The summed E-state index contributed by atoms with van der Waals surface area (Å²) in [5, 5.41) is 10.6. The van der Waals surface area contributed by atoms with E-state index in [4.69, 9.17) is 4.74 Å². The molecule has 1 aromatic carbocycles. The third-order valence-electron chi connectivity index (χ3n) is 3.25. The van der Waals surface area contributed by atoms with Crippen molar-refractivity contribution >= 4 is 32.7 Å². The minimum absolute atomic E-state index is 0.140. The molecule has 1 aliphatic rings. The number of aromatic nitrogens is 2. The normalized spacial score (nSPS) is 18.9. The molecule has 19 heavy (non-hydrogen) atoms. The summed E-state index contributed by atoms with van der Waals surface area (Å²) in [6.45, 7) is 1.33. The van der Waals surface area contributed by atoms with Crippen LogP contribution in [0.2, 0.25) is 0 Å². The van der Waals surface area contributed by atoms with Gasteiger partial charge in [-0.15, -0.1) is 0 Å². The Morgan fingerprint density at radius 3 is 3.26 bits per heavy atom. The van der Waals surface area contributed by atoms with Crippen LogP contribution in [0.5, 0.6) is 0 Å². The van der Waals surface area contributed by atoms with Crippen molar-refractivity contribution in [1.82, 2.24) is 15.5 Å². The van der Waals surface area contributed by atoms with E-state index in [1.165, 1.54) is 0 Å². The van der Waals surface area contributed by atoms with Crippen LogP contribution in [-0.2, 0) is 4.74 Å². The number of halogens is 1. The Hall–Kier alpha value is -1.40. The number of carbonyl (C=O) groups is 1. The molecular weight excluding hydrogens is 310 g/mol. The quantitative estimate of drug-likeness (QED) is 0.910. The van der Waals surface area contributed by atoms with E-state index in [-0.39, 0.29) is 12.0 Å². The van der Waals surface area contributed by atoms with E-state index in [1.54, 1.807) is 0 Å². The fourth-order valence-electron chi connectivity index (χ4n) is 2.25. The van der Waals surface area contributed by atoms with Crippen LogP contribution in [0.25, 0.3) is 10.9 Å². The highest BCUT2D eigenvalue weighted by Gasteiger charge is 2.19. The van der Waals surface area contributed by atoms with Gasteiger partial charge in [0.1, 0.15) is 0 Å². The predicted molar refractivity (Wildman–Crippen MR) is 75.1 cm³/mol. The molecule has 2 aromatic rings. The first-order valence-electron chi connectivity index (χ1n) is 6.27. The Labute approximate surface area is 118 Å². The van der Waals surface area contributed by atoms with E-state index in [9.17, 15) is 4.79 Å². The predicted octanol–water partition coefficient (Wildman–Crippen LogP) is 2.23. The number of nitrogens with one attached hydrogen (secondary N) is 2. The highest BCUT2D eigenvalue weighted by Crippen LogP contribution is 2.21. The number of fused-ring (bicyclic) bond motifs is 1. The monoisotopic (exact) mass is 323 g/mol. The van der Waals surface area contributed by atoms with Crippen LogP contribution in [0.15, 0.2) is 22.7 Å². The Bertz CT molecular complexity index is 605. The molecular formula is C13H14BrN3O2. The zero-order valence-electron chi connectivity index (χ0n) is 10.3. The van der Waals surface area contributed by atoms with Crippen LogP contribution in [0, 0.1) is 0 Å². The average molecular weight is 324 g/mol. The van der Waals surface area contributed by atoms with Crippen LogP contribution in [0.1, 0.15) is 23.3 Å². The molecule has 0 unspecified atom stereocenters. The van der Waals surface area contributed by atoms with Crippen molar-refractivity contribution in [2.45, 2.75) is 18.9 Å². The second kappa shape index (κ2) is 5.30. The molecule has 2 heterocycles. The lowest BCUT2D eigenvalue weighted by atomic mass is 10.2. The number of hydrogen-bond donors (Lipinski definition) is 2. The maximum absolute atomic E-state index is 12.1. The van der Waals surface area contributed by atoms with Gasteiger partial charge in [0, 0.05) is 23.0 Å². The van der Waals surface area contributed by atoms with Gasteiger partial charge in [0.05, 0.1) is 11.6 Å². The standard InChI is InChI=1S/C13H14BrN3O2/c14-8-3-4-11-10(6-8)12(17-16-11)13(18)15-7-9-2-1-5-19-9/h3-4,6,9H,1-2,5,7H2,(H,15,18)(H,16,17)/t9-/m0/s1. The van der Waals surface area contributed by atoms with Gasteiger partial charge in [0.25, 0.3) is 5.91 Å². The van der Waals surface area contributed by atoms with Crippen molar-refractivity contribution in [3.05, 3.63) is 28.4 Å². The SMILES string of the molecule is O=C(NC[C@@H]1CCCO1)c1n[nH]c2ccc(Br)cc12. The smallest absolute Gasteiger partial charge is 0.272 e. The molecule has 100 valence electrons. The highest BCUT2D eigenvalue weighted by molar-refractivity contribution is 9.10. The molecule has 5 nitrogen and oxygen atoms in total. The van der Waals surface area contributed by atoms with Crippen LogP contribution >= 0.6 is 15.9 Å². The minimum atomic E-state index is -0.167. The molecule has 2 N–H and O–H groups in total. The average Bonchev–Trinajstić information content (AvgIpc) is 3.04. The lowest BCUT2D eigenvalue weighted by molar-refractivity contribution is 0.0855. The summed E-state index contributed by atoms with van der Waals surface area (Å²) in [5.74, 6) is -0.167. The Kier molecular flexibility index (Phi) is 3.52. The molecule has 0 aliphatic carbocycles. The molecule has 3 rings (SSSR count). The summed E-state index contributed by atoms with van der Waals surface area (Å²) in [6, 6.07) is 5.69. The molecule has 6 heteroatoms. The van der Waals surface area contributed by atoms with Gasteiger partial charge in [-0.2, -0.15) is 5.10 Å². The highest BCUT2D eigenvalue weighted by atomic mass is 79.9. The van der Waals surface area contributed by atoms with Gasteiger partial charge < -0.3 is 10.1 Å². The number of benzene rings is 1. The number of amides is 1. The number of rotatable bonds is 3. The van der Waals surface area contributed by atoms with E-state index in [2.05, 4.69) is 31.4 Å². The zero-order valence-corrected chi connectivity index (χ0v) is 11.9. The molecule has 1 amide bonds. The summed E-state index contributed by atoms with van der Waals surface area (Å²) < 4.78 is 6.40. The second-order valence-corrected chi connectivity index (χ2v) is 5.52. The molecule has 1 fully saturated rings. The minimum Gasteiger partial charge on any atom is -0.376 e. The number of H-pyrrole nitrogens is 1. The molecule has 0 radical (unpaired) electrons. The summed E-state index contributed by atoms with van der Waals surface area (Å²) in [6.07, 6.45) is 2.22. The van der Waals surface area contributed by atoms with Crippen molar-refractivity contribution in [2.75, 3.05) is 13.2 Å². The van der Waals surface area contributed by atoms with Crippen LogP contribution in [0.3, 0.4) is 0 Å². The Balaban J connectivity index is 1.75. The van der Waals surface area contributed by atoms with E-state index >= 15 is 0 Å². The van der Waals surface area contributed by atoms with Gasteiger partial charge in [0.15, 0.2) is 5.69 Å². The number of nitrogens with zero attached hydrogens (tertiary/aromatic N) is 1. The maximum atomic E-state index is 12.1. The van der Waals surface area contributed by atoms with Crippen molar-refractivity contribution in [3.8, 4) is 0 Å². The van der Waals surface area contributed by atoms with Gasteiger partial charge in [-0.3, -0.25) is 9.89 Å². The second-order valence-electron chi connectivity index (χ2n) is 4.61. The number of hydrogen-bond acceptors (Lipinski definition) is 3. The van der Waals surface area contributed by atoms with Crippen LogP contribution in [-0.4, -0.2) is 35.4 Å². The van der Waals surface area contributed by atoms with E-state index < -0.39 is 0 Å². The Morgan fingerprint density at radius 2 is 2.47 bits per heavy atom. The zero-order chi connectivity index (χ0) is 13.2. The number of ether oxygens (including phenoxy) is 1. The van der Waals surface area contributed by atoms with Gasteiger partial charge in [0.2, 0.25) is 0 Å². The number of carbonyl (C=O) groups excluding carboxylic acids is 1. The fraction of sp³-hybridized carbons (Fsp3) is 0.385. The summed E-state index contributed by atoms with van der Waals surface area (Å²) in [4.78, 5) is 12.1. The Morgan fingerprint density at radius 1 is 1.58 bits per heavy atom. The van der Waals surface area contributed by atoms with E-state index in [0.29, 0.717) is 12.2 Å². The van der Waals surface area contributed by atoms with Crippen molar-refractivity contribution in [2.24, 2.45) is 0 Å². The van der Waals surface area contributed by atoms with Gasteiger partial charge in [-0.05, 0) is 31.0 Å². The third-order valence-corrected chi connectivity index (χ3v) is 3.75. The molecule has 0 spiro atoms. The molecule has 0 bridgehead atoms. The van der Waals surface area contributed by atoms with Gasteiger partial charge >= 0.3 is 0 Å². The molecule has 1 aliphatic heterocycles.